The normalized spacial score (nSPS) is 15.4. The summed E-state index contributed by atoms with van der Waals surface area (Å²) in [6, 6.07) is 15.4. The lowest BCUT2D eigenvalue weighted by Crippen LogP contribution is -2.54. The van der Waals surface area contributed by atoms with Crippen molar-refractivity contribution in [3.63, 3.8) is 0 Å². The molecule has 4 amide bonds. The number of carbonyl (C=O) groups excluding carboxylic acids is 3. The van der Waals surface area contributed by atoms with E-state index in [-0.39, 0.29) is 5.57 Å². The Morgan fingerprint density at radius 1 is 1.03 bits per heavy atom. The van der Waals surface area contributed by atoms with E-state index in [0.29, 0.717) is 16.9 Å². The molecule has 1 saturated heterocycles. The number of ether oxygens (including phenoxy) is 1. The third-order valence-corrected chi connectivity index (χ3v) is 5.42. The average Bonchev–Trinajstić information content (AvgIpc) is 3.21. The van der Waals surface area contributed by atoms with E-state index in [1.54, 1.807) is 38.3 Å². The molecule has 0 unspecified atom stereocenters. The molecule has 1 fully saturated rings. The monoisotopic (exact) mass is 479 g/mol. The highest BCUT2D eigenvalue weighted by Crippen LogP contribution is 2.28. The summed E-state index contributed by atoms with van der Waals surface area (Å²) in [7, 11) is 1.59. The zero-order valence-corrected chi connectivity index (χ0v) is 18.3. The van der Waals surface area contributed by atoms with E-state index in [1.807, 2.05) is 41.1 Å². The molecule has 0 aliphatic carbocycles. The van der Waals surface area contributed by atoms with Crippen LogP contribution >= 0.6 is 15.9 Å². The maximum atomic E-state index is 13.2. The van der Waals surface area contributed by atoms with E-state index < -0.39 is 17.8 Å². The van der Waals surface area contributed by atoms with Crippen molar-refractivity contribution in [1.29, 1.82) is 0 Å². The van der Waals surface area contributed by atoms with Crippen molar-refractivity contribution in [1.82, 2.24) is 9.88 Å². The molecule has 1 aliphatic heterocycles. The summed E-state index contributed by atoms with van der Waals surface area (Å²) in [5, 5.41) is 2.26. The van der Waals surface area contributed by atoms with Crippen molar-refractivity contribution in [2.24, 2.45) is 0 Å². The van der Waals surface area contributed by atoms with Gasteiger partial charge in [0.15, 0.2) is 0 Å². The minimum atomic E-state index is -0.775. The van der Waals surface area contributed by atoms with Crippen LogP contribution in [0.3, 0.4) is 0 Å². The minimum absolute atomic E-state index is 0.129. The van der Waals surface area contributed by atoms with Crippen LogP contribution in [0.5, 0.6) is 5.75 Å². The molecule has 8 heteroatoms. The molecule has 0 bridgehead atoms. The standard InChI is InChI=1S/C23H18BrN3O4/c1-14-12-15(24)5-10-20(14)27-22(29)19(21(28)25-23(27)30)13-17-4-3-11-26(17)16-6-8-18(31-2)9-7-16/h3-13H,1-2H3,(H,25,28,30)/b19-13+. The topological polar surface area (TPSA) is 80.6 Å². The van der Waals surface area contributed by atoms with E-state index in [0.717, 1.165) is 20.8 Å². The van der Waals surface area contributed by atoms with E-state index in [4.69, 9.17) is 4.74 Å². The van der Waals surface area contributed by atoms with Crippen LogP contribution in [0, 0.1) is 6.92 Å². The second-order valence-electron chi connectivity index (χ2n) is 6.89. The second-order valence-corrected chi connectivity index (χ2v) is 7.81. The third-order valence-electron chi connectivity index (χ3n) is 4.92. The number of nitrogens with zero attached hydrogens (tertiary/aromatic N) is 2. The lowest BCUT2D eigenvalue weighted by Gasteiger charge is -2.27. The fourth-order valence-electron chi connectivity index (χ4n) is 3.38. The first kappa shape index (κ1) is 20.6. The quantitative estimate of drug-likeness (QED) is 0.448. The Balaban J connectivity index is 1.74. The smallest absolute Gasteiger partial charge is 0.335 e. The maximum absolute atomic E-state index is 13.2. The molecule has 2 aromatic carbocycles. The van der Waals surface area contributed by atoms with Crippen molar-refractivity contribution in [2.45, 2.75) is 6.92 Å². The van der Waals surface area contributed by atoms with Crippen LogP contribution in [-0.4, -0.2) is 29.5 Å². The fraction of sp³-hybridized carbons (Fsp3) is 0.0870. The summed E-state index contributed by atoms with van der Waals surface area (Å²) in [5.41, 5.74) is 2.45. The number of imide groups is 2. The summed E-state index contributed by atoms with van der Waals surface area (Å²) < 4.78 is 7.84. The van der Waals surface area contributed by atoms with Crippen LogP contribution in [0.25, 0.3) is 11.8 Å². The number of urea groups is 1. The van der Waals surface area contributed by atoms with Gasteiger partial charge in [0.2, 0.25) is 0 Å². The predicted molar refractivity (Wildman–Crippen MR) is 120 cm³/mol. The number of methoxy groups -OCH3 is 1. The molecule has 3 aromatic rings. The van der Waals surface area contributed by atoms with E-state index in [1.165, 1.54) is 6.08 Å². The molecule has 0 atom stereocenters. The molecular weight excluding hydrogens is 462 g/mol. The number of barbiturate groups is 1. The second kappa shape index (κ2) is 8.23. The van der Waals surface area contributed by atoms with Gasteiger partial charge in [-0.1, -0.05) is 15.9 Å². The van der Waals surface area contributed by atoms with E-state index >= 15 is 0 Å². The SMILES string of the molecule is COc1ccc(-n2cccc2/C=C2\C(=O)NC(=O)N(c3ccc(Br)cc3C)C2=O)cc1. The van der Waals surface area contributed by atoms with Crippen molar-refractivity contribution >= 4 is 45.5 Å². The number of aromatic nitrogens is 1. The Hall–Kier alpha value is -3.65. The highest BCUT2D eigenvalue weighted by Gasteiger charge is 2.37. The van der Waals surface area contributed by atoms with Crippen LogP contribution < -0.4 is 15.0 Å². The third kappa shape index (κ3) is 3.89. The first-order valence-corrected chi connectivity index (χ1v) is 10.2. The predicted octanol–water partition coefficient (Wildman–Crippen LogP) is 4.22. The molecule has 1 aromatic heterocycles. The Bertz CT molecular complexity index is 1230. The maximum Gasteiger partial charge on any atom is 0.335 e. The summed E-state index contributed by atoms with van der Waals surface area (Å²) in [6.07, 6.45) is 3.30. The zero-order chi connectivity index (χ0) is 22.1. The van der Waals surface area contributed by atoms with Gasteiger partial charge < -0.3 is 9.30 Å². The van der Waals surface area contributed by atoms with Crippen molar-refractivity contribution in [3.8, 4) is 11.4 Å². The lowest BCUT2D eigenvalue weighted by atomic mass is 10.1. The molecule has 31 heavy (non-hydrogen) atoms. The van der Waals surface area contributed by atoms with Crippen LogP contribution in [0.2, 0.25) is 0 Å². The van der Waals surface area contributed by atoms with E-state index in [2.05, 4.69) is 21.2 Å². The number of hydrogen-bond acceptors (Lipinski definition) is 4. The lowest BCUT2D eigenvalue weighted by molar-refractivity contribution is -0.122. The Labute approximate surface area is 187 Å². The molecule has 2 heterocycles. The van der Waals surface area contributed by atoms with Gasteiger partial charge in [-0.05, 0) is 73.2 Å². The number of hydrogen-bond donors (Lipinski definition) is 1. The van der Waals surface area contributed by atoms with Gasteiger partial charge in [-0.15, -0.1) is 0 Å². The van der Waals surface area contributed by atoms with Crippen LogP contribution in [0.15, 0.2) is 70.8 Å². The summed E-state index contributed by atoms with van der Waals surface area (Å²) in [4.78, 5) is 39.1. The van der Waals surface area contributed by atoms with Gasteiger partial charge in [-0.25, -0.2) is 9.69 Å². The first-order valence-electron chi connectivity index (χ1n) is 9.38. The molecule has 4 rings (SSSR count). The minimum Gasteiger partial charge on any atom is -0.497 e. The summed E-state index contributed by atoms with van der Waals surface area (Å²) in [5.74, 6) is -0.693. The molecule has 1 N–H and O–H groups in total. The highest BCUT2D eigenvalue weighted by molar-refractivity contribution is 9.10. The van der Waals surface area contributed by atoms with Gasteiger partial charge in [-0.3, -0.25) is 14.9 Å². The number of aryl methyl sites for hydroxylation is 1. The number of halogens is 1. The molecule has 0 radical (unpaired) electrons. The fourth-order valence-corrected chi connectivity index (χ4v) is 3.86. The first-order chi connectivity index (χ1) is 14.9. The van der Waals surface area contributed by atoms with Crippen LogP contribution in [-0.2, 0) is 9.59 Å². The van der Waals surface area contributed by atoms with Crippen LogP contribution in [0.1, 0.15) is 11.3 Å². The summed E-state index contributed by atoms with van der Waals surface area (Å²) >= 11 is 3.37. The van der Waals surface area contributed by atoms with Crippen molar-refractivity contribution < 1.29 is 19.1 Å². The van der Waals surface area contributed by atoms with Gasteiger partial charge in [0.05, 0.1) is 12.8 Å². The zero-order valence-electron chi connectivity index (χ0n) is 16.8. The Morgan fingerprint density at radius 2 is 1.77 bits per heavy atom. The van der Waals surface area contributed by atoms with Gasteiger partial charge in [0, 0.05) is 22.1 Å². The molecule has 156 valence electrons. The molecular formula is C23H18BrN3O4. The molecule has 0 spiro atoms. The van der Waals surface area contributed by atoms with Crippen LogP contribution in [0.4, 0.5) is 10.5 Å². The Kier molecular flexibility index (Phi) is 5.48. The number of anilines is 1. The average molecular weight is 480 g/mol. The molecule has 7 nitrogen and oxygen atoms in total. The molecule has 0 saturated carbocycles. The number of carbonyl (C=O) groups is 3. The molecule has 1 aliphatic rings. The van der Waals surface area contributed by atoms with Crippen molar-refractivity contribution in [2.75, 3.05) is 12.0 Å². The van der Waals surface area contributed by atoms with Gasteiger partial charge in [0.1, 0.15) is 11.3 Å². The summed E-state index contributed by atoms with van der Waals surface area (Å²) in [6.45, 7) is 1.79. The number of nitrogens with one attached hydrogen (secondary N) is 1. The number of amides is 4. The van der Waals surface area contributed by atoms with Gasteiger partial charge in [-0.2, -0.15) is 0 Å². The Morgan fingerprint density at radius 3 is 2.45 bits per heavy atom. The van der Waals surface area contributed by atoms with Gasteiger partial charge in [0.25, 0.3) is 11.8 Å². The number of benzene rings is 2. The number of rotatable bonds is 4. The highest BCUT2D eigenvalue weighted by atomic mass is 79.9. The van der Waals surface area contributed by atoms with Crippen molar-refractivity contribution in [3.05, 3.63) is 82.1 Å². The largest absolute Gasteiger partial charge is 0.497 e. The van der Waals surface area contributed by atoms with Gasteiger partial charge >= 0.3 is 6.03 Å². The van der Waals surface area contributed by atoms with E-state index in [9.17, 15) is 14.4 Å².